The second kappa shape index (κ2) is 6.41. The van der Waals surface area contributed by atoms with Gasteiger partial charge in [0.2, 0.25) is 11.9 Å². The fourth-order valence-electron chi connectivity index (χ4n) is 3.96. The Morgan fingerprint density at radius 3 is 3.00 bits per heavy atom. The molecule has 5 heterocycles. The zero-order valence-corrected chi connectivity index (χ0v) is 15.5. The molecule has 0 saturated carbocycles. The topological polar surface area (TPSA) is 129 Å². The second-order valence-corrected chi connectivity index (χ2v) is 7.16. The van der Waals surface area contributed by atoms with Crippen LogP contribution in [-0.4, -0.2) is 50.6 Å². The van der Waals surface area contributed by atoms with Gasteiger partial charge in [-0.05, 0) is 31.4 Å². The summed E-state index contributed by atoms with van der Waals surface area (Å²) in [6.07, 6.45) is 6.44. The van der Waals surface area contributed by atoms with Crippen molar-refractivity contribution in [2.45, 2.75) is 25.3 Å². The molecular formula is C18H21N9O. The molecule has 0 bridgehead atoms. The molecule has 5 rings (SSSR count). The van der Waals surface area contributed by atoms with E-state index in [0.29, 0.717) is 11.4 Å². The van der Waals surface area contributed by atoms with E-state index in [1.54, 1.807) is 12.4 Å². The number of anilines is 3. The minimum atomic E-state index is -0.0342. The number of nitrogens with zero attached hydrogens (tertiary/aromatic N) is 5. The lowest BCUT2D eigenvalue weighted by Crippen LogP contribution is -2.40. The first-order valence-electron chi connectivity index (χ1n) is 9.25. The van der Waals surface area contributed by atoms with E-state index in [1.807, 2.05) is 13.0 Å². The van der Waals surface area contributed by atoms with Crippen LogP contribution in [0.4, 0.5) is 17.6 Å². The average molecular weight is 379 g/mol. The van der Waals surface area contributed by atoms with Gasteiger partial charge >= 0.3 is 0 Å². The van der Waals surface area contributed by atoms with Crippen LogP contribution in [-0.2, 0) is 10.3 Å². The van der Waals surface area contributed by atoms with Crippen LogP contribution in [0.5, 0.6) is 0 Å². The first kappa shape index (κ1) is 16.9. The lowest BCUT2D eigenvalue weighted by atomic mass is 9.90. The van der Waals surface area contributed by atoms with E-state index < -0.39 is 0 Å². The molecule has 0 radical (unpaired) electrons. The van der Waals surface area contributed by atoms with E-state index in [9.17, 15) is 0 Å². The molecule has 0 aliphatic carbocycles. The minimum Gasteiger partial charge on any atom is -0.381 e. The molecule has 10 nitrogen and oxygen atoms in total. The quantitative estimate of drug-likeness (QED) is 0.404. The number of aromatic amines is 1. The zero-order valence-electron chi connectivity index (χ0n) is 15.5. The van der Waals surface area contributed by atoms with Crippen molar-refractivity contribution >= 4 is 35.1 Å². The first-order valence-corrected chi connectivity index (χ1v) is 9.25. The molecule has 2 aliphatic rings. The molecule has 0 aromatic carbocycles. The van der Waals surface area contributed by atoms with Gasteiger partial charge in [0.05, 0.1) is 17.4 Å². The van der Waals surface area contributed by atoms with E-state index in [4.69, 9.17) is 15.1 Å². The number of hydrogen-bond donors (Lipinski definition) is 4. The Hall–Kier alpha value is -3.27. The Morgan fingerprint density at radius 1 is 1.36 bits per heavy atom. The van der Waals surface area contributed by atoms with Crippen molar-refractivity contribution in [3.8, 4) is 0 Å². The Kier molecular flexibility index (Phi) is 3.86. The van der Waals surface area contributed by atoms with Crippen LogP contribution in [0.1, 0.15) is 18.4 Å². The van der Waals surface area contributed by atoms with E-state index in [-0.39, 0.29) is 5.54 Å². The number of nitrogens with one attached hydrogen (secondary N) is 4. The van der Waals surface area contributed by atoms with Crippen molar-refractivity contribution in [2.75, 3.05) is 30.4 Å². The van der Waals surface area contributed by atoms with Crippen molar-refractivity contribution < 1.29 is 4.74 Å². The highest BCUT2D eigenvalue weighted by atomic mass is 16.5. The molecule has 4 N–H and O–H groups in total. The normalized spacial score (nSPS) is 18.2. The van der Waals surface area contributed by atoms with Gasteiger partial charge in [-0.1, -0.05) is 0 Å². The summed E-state index contributed by atoms with van der Waals surface area (Å²) in [4.78, 5) is 20.8. The van der Waals surface area contributed by atoms with E-state index >= 15 is 0 Å². The highest BCUT2D eigenvalue weighted by Gasteiger charge is 2.42. The van der Waals surface area contributed by atoms with Gasteiger partial charge in [0.15, 0.2) is 5.65 Å². The maximum Gasteiger partial charge on any atom is 0.229 e. The van der Waals surface area contributed by atoms with Crippen molar-refractivity contribution in [1.29, 1.82) is 5.41 Å². The summed E-state index contributed by atoms with van der Waals surface area (Å²) in [5, 5.41) is 13.8. The van der Waals surface area contributed by atoms with Crippen molar-refractivity contribution in [2.24, 2.45) is 4.99 Å². The number of ether oxygens (including phenoxy) is 1. The van der Waals surface area contributed by atoms with E-state index in [0.717, 1.165) is 67.3 Å². The zero-order chi connectivity index (χ0) is 19.1. The fourth-order valence-corrected chi connectivity index (χ4v) is 3.96. The Morgan fingerprint density at radius 2 is 2.21 bits per heavy atom. The molecular weight excluding hydrogens is 358 g/mol. The molecule has 0 unspecified atom stereocenters. The predicted octanol–water partition coefficient (Wildman–Crippen LogP) is 1.65. The van der Waals surface area contributed by atoms with Crippen LogP contribution in [0.2, 0.25) is 0 Å². The van der Waals surface area contributed by atoms with Crippen LogP contribution < -0.4 is 16.1 Å². The third-order valence-corrected chi connectivity index (χ3v) is 5.47. The molecule has 10 heteroatoms. The molecule has 0 amide bonds. The maximum atomic E-state index is 7.08. The molecule has 1 saturated heterocycles. The molecule has 3 aromatic rings. The second-order valence-electron chi connectivity index (χ2n) is 7.16. The van der Waals surface area contributed by atoms with Crippen molar-refractivity contribution in [3.05, 3.63) is 29.5 Å². The van der Waals surface area contributed by atoms with Gasteiger partial charge in [0, 0.05) is 26.0 Å². The van der Waals surface area contributed by atoms with Crippen LogP contribution in [0.3, 0.4) is 0 Å². The summed E-state index contributed by atoms with van der Waals surface area (Å²) >= 11 is 0. The number of aromatic nitrogens is 5. The van der Waals surface area contributed by atoms with E-state index in [1.165, 1.54) is 0 Å². The van der Waals surface area contributed by atoms with Crippen LogP contribution >= 0.6 is 0 Å². The maximum absolute atomic E-state index is 7.08. The lowest BCUT2D eigenvalue weighted by molar-refractivity contribution is 0.0338. The van der Waals surface area contributed by atoms with Crippen molar-refractivity contribution in [1.82, 2.24) is 24.5 Å². The number of aryl methyl sites for hydroxylation is 1. The number of imidazole rings is 1. The molecule has 3 aromatic heterocycles. The van der Waals surface area contributed by atoms with E-state index in [2.05, 4.69) is 35.1 Å². The largest absolute Gasteiger partial charge is 0.381 e. The number of H-pyrrole nitrogens is 1. The molecule has 1 fully saturated rings. The molecule has 2 aliphatic heterocycles. The fraction of sp³-hybridized carbons (Fsp3) is 0.389. The highest BCUT2D eigenvalue weighted by Crippen LogP contribution is 2.39. The van der Waals surface area contributed by atoms with Gasteiger partial charge in [-0.2, -0.15) is 4.98 Å². The van der Waals surface area contributed by atoms with Gasteiger partial charge in [0.1, 0.15) is 17.3 Å². The first-order chi connectivity index (χ1) is 13.7. The Labute approximate surface area is 160 Å². The average Bonchev–Trinajstić information content (AvgIpc) is 3.23. The monoisotopic (exact) mass is 379 g/mol. The highest BCUT2D eigenvalue weighted by molar-refractivity contribution is 5.77. The lowest BCUT2D eigenvalue weighted by Gasteiger charge is -2.34. The SMILES string of the molecule is Cc1c/c(=N/C=N)[nH]cc1Nc1ncc2nc3n(c2n1)C1(CCOCC1)CN3. The summed E-state index contributed by atoms with van der Waals surface area (Å²) in [6, 6.07) is 1.86. The molecule has 1 spiro atoms. The van der Waals surface area contributed by atoms with Crippen LogP contribution in [0, 0.1) is 12.3 Å². The van der Waals surface area contributed by atoms with Gasteiger partial charge in [0.25, 0.3) is 0 Å². The van der Waals surface area contributed by atoms with Crippen LogP contribution in [0.15, 0.2) is 23.5 Å². The Balaban J connectivity index is 1.53. The summed E-state index contributed by atoms with van der Waals surface area (Å²) in [7, 11) is 0. The number of pyridine rings is 1. The van der Waals surface area contributed by atoms with Gasteiger partial charge in [-0.3, -0.25) is 9.98 Å². The van der Waals surface area contributed by atoms with Gasteiger partial charge in [-0.25, -0.2) is 15.0 Å². The summed E-state index contributed by atoms with van der Waals surface area (Å²) < 4.78 is 7.80. The number of hydrogen-bond acceptors (Lipinski definition) is 7. The molecule has 28 heavy (non-hydrogen) atoms. The number of fused-ring (bicyclic) bond motifs is 4. The number of rotatable bonds is 3. The summed E-state index contributed by atoms with van der Waals surface area (Å²) in [6.45, 7) is 4.32. The smallest absolute Gasteiger partial charge is 0.229 e. The summed E-state index contributed by atoms with van der Waals surface area (Å²) in [5.41, 5.74) is 4.02. The molecule has 0 atom stereocenters. The Bertz CT molecular complexity index is 1120. The van der Waals surface area contributed by atoms with Crippen molar-refractivity contribution in [3.63, 3.8) is 0 Å². The minimum absolute atomic E-state index is 0.0342. The third-order valence-electron chi connectivity index (χ3n) is 5.47. The van der Waals surface area contributed by atoms with Gasteiger partial charge in [-0.15, -0.1) is 0 Å². The molecule has 144 valence electrons. The predicted molar refractivity (Wildman–Crippen MR) is 105 cm³/mol. The van der Waals surface area contributed by atoms with Gasteiger partial charge < -0.3 is 20.4 Å². The standard InChI is InChI=1S/C18H21N9O/c1-11-6-14(23-10-19)20-7-12(11)24-16-21-8-13-15(26-16)27-17(25-13)22-9-18(27)2-4-28-5-3-18/h6-8,10H,2-5,9H2,1H3,(H,22,25)(H2,19,20,23)(H,21,24,26). The van der Waals surface area contributed by atoms with Crippen LogP contribution in [0.25, 0.3) is 11.2 Å². The summed E-state index contributed by atoms with van der Waals surface area (Å²) in [5.74, 6) is 1.36. The third kappa shape index (κ3) is 2.64.